The summed E-state index contributed by atoms with van der Waals surface area (Å²) in [4.78, 5) is 9.89. The Balaban J connectivity index is 2.37. The maximum Gasteiger partial charge on any atom is 0.316 e. The van der Waals surface area contributed by atoms with Crippen molar-refractivity contribution in [3.8, 4) is 6.01 Å². The lowest BCUT2D eigenvalue weighted by Crippen LogP contribution is -2.29. The van der Waals surface area contributed by atoms with Gasteiger partial charge in [-0.2, -0.15) is 0 Å². The molecule has 2 rings (SSSR count). The van der Waals surface area contributed by atoms with Gasteiger partial charge < -0.3 is 4.74 Å². The third-order valence-corrected chi connectivity index (χ3v) is 4.90. The quantitative estimate of drug-likeness (QED) is 0.584. The Kier molecular flexibility index (Phi) is 5.14. The molecule has 11 heteroatoms. The van der Waals surface area contributed by atoms with Crippen LogP contribution in [-0.2, 0) is 16.6 Å². The van der Waals surface area contributed by atoms with Crippen LogP contribution in [0.2, 0.25) is 0 Å². The number of nitro benzene ring substituents is 1. The van der Waals surface area contributed by atoms with Crippen LogP contribution < -0.4 is 9.46 Å². The number of ether oxygens (including phenoxy) is 1. The molecular formula is C13H17N5O5S. The first kappa shape index (κ1) is 17.8. The van der Waals surface area contributed by atoms with Gasteiger partial charge >= 0.3 is 6.01 Å². The molecule has 24 heavy (non-hydrogen) atoms. The Morgan fingerprint density at radius 2 is 2.04 bits per heavy atom. The number of para-hydroxylation sites is 1. The van der Waals surface area contributed by atoms with Crippen LogP contribution >= 0.6 is 0 Å². The molecule has 2 aromatic rings. The first-order chi connectivity index (χ1) is 11.3. The van der Waals surface area contributed by atoms with Crippen LogP contribution in [0.4, 0.5) is 5.69 Å². The average Bonchev–Trinajstić information content (AvgIpc) is 2.97. The molecule has 0 amide bonds. The Bertz CT molecular complexity index is 848. The van der Waals surface area contributed by atoms with Gasteiger partial charge in [-0.1, -0.05) is 17.2 Å². The number of aromatic nitrogens is 3. The van der Waals surface area contributed by atoms with Crippen LogP contribution in [-0.4, -0.2) is 35.2 Å². The molecule has 1 N–H and O–H groups in total. The molecule has 0 unspecified atom stereocenters. The Labute approximate surface area is 138 Å². The van der Waals surface area contributed by atoms with Gasteiger partial charge in [0.05, 0.1) is 18.1 Å². The summed E-state index contributed by atoms with van der Waals surface area (Å²) < 4.78 is 34.1. The molecule has 1 atom stereocenters. The van der Waals surface area contributed by atoms with Crippen molar-refractivity contribution in [2.75, 3.05) is 7.11 Å². The second-order valence-corrected chi connectivity index (χ2v) is 6.54. The van der Waals surface area contributed by atoms with E-state index in [1.807, 2.05) is 6.92 Å². The summed E-state index contributed by atoms with van der Waals surface area (Å²) in [6.07, 6.45) is 0. The van der Waals surface area contributed by atoms with E-state index in [2.05, 4.69) is 14.9 Å². The maximum absolute atomic E-state index is 12.5. The van der Waals surface area contributed by atoms with Crippen molar-refractivity contribution in [1.29, 1.82) is 0 Å². The van der Waals surface area contributed by atoms with Crippen molar-refractivity contribution in [3.63, 3.8) is 0 Å². The fraction of sp³-hybridized carbons (Fsp3) is 0.385. The van der Waals surface area contributed by atoms with Gasteiger partial charge in [-0.05, 0) is 19.9 Å². The summed E-state index contributed by atoms with van der Waals surface area (Å²) in [5.41, 5.74) is -0.494. The van der Waals surface area contributed by atoms with E-state index in [0.717, 1.165) is 6.07 Å². The molecule has 1 aromatic carbocycles. The molecule has 10 nitrogen and oxygen atoms in total. The zero-order chi connectivity index (χ0) is 17.9. The molecule has 0 aliphatic rings. The lowest BCUT2D eigenvalue weighted by atomic mass is 10.3. The number of hydrogen-bond acceptors (Lipinski definition) is 7. The van der Waals surface area contributed by atoms with Gasteiger partial charge in [-0.25, -0.2) is 13.1 Å². The topological polar surface area (TPSA) is 129 Å². The smallest absolute Gasteiger partial charge is 0.316 e. The summed E-state index contributed by atoms with van der Waals surface area (Å²) in [5.74, 6) is 0.344. The third kappa shape index (κ3) is 3.36. The van der Waals surface area contributed by atoms with Gasteiger partial charge in [0, 0.05) is 12.6 Å². The van der Waals surface area contributed by atoms with Crippen LogP contribution in [0.15, 0.2) is 29.2 Å². The summed E-state index contributed by atoms with van der Waals surface area (Å²) in [6.45, 7) is 3.88. The molecule has 130 valence electrons. The minimum Gasteiger partial charge on any atom is -0.467 e. The van der Waals surface area contributed by atoms with E-state index in [9.17, 15) is 18.5 Å². The molecule has 0 saturated carbocycles. The fourth-order valence-corrected chi connectivity index (χ4v) is 3.63. The highest BCUT2D eigenvalue weighted by molar-refractivity contribution is 7.89. The van der Waals surface area contributed by atoms with Gasteiger partial charge in [0.25, 0.3) is 5.69 Å². The van der Waals surface area contributed by atoms with E-state index in [1.165, 1.54) is 25.3 Å². The van der Waals surface area contributed by atoms with E-state index in [4.69, 9.17) is 4.74 Å². The second-order valence-electron chi connectivity index (χ2n) is 4.86. The SMILES string of the molecule is CCn1c(OC)nnc1[C@@H](C)NS(=O)(=O)c1ccccc1[N+](=O)[O-]. The molecule has 0 fully saturated rings. The molecule has 0 radical (unpaired) electrons. The van der Waals surface area contributed by atoms with Crippen LogP contribution in [0.5, 0.6) is 6.01 Å². The van der Waals surface area contributed by atoms with E-state index in [0.29, 0.717) is 12.4 Å². The molecule has 0 saturated heterocycles. The number of rotatable bonds is 7. The predicted molar refractivity (Wildman–Crippen MR) is 84.1 cm³/mol. The van der Waals surface area contributed by atoms with Crippen LogP contribution in [0, 0.1) is 10.1 Å². The average molecular weight is 355 g/mol. The molecule has 0 spiro atoms. The normalized spacial score (nSPS) is 12.8. The monoisotopic (exact) mass is 355 g/mol. The lowest BCUT2D eigenvalue weighted by Gasteiger charge is -2.15. The van der Waals surface area contributed by atoms with Crippen LogP contribution in [0.1, 0.15) is 25.7 Å². The third-order valence-electron chi connectivity index (χ3n) is 3.31. The van der Waals surface area contributed by atoms with Gasteiger partial charge in [0.2, 0.25) is 10.0 Å². The zero-order valence-corrected chi connectivity index (χ0v) is 14.1. The molecule has 1 heterocycles. The number of nitrogens with one attached hydrogen (secondary N) is 1. The Morgan fingerprint density at radius 3 is 2.62 bits per heavy atom. The fourth-order valence-electron chi connectivity index (χ4n) is 2.25. The first-order valence-electron chi connectivity index (χ1n) is 7.04. The molecule has 1 aromatic heterocycles. The molecule has 0 bridgehead atoms. The van der Waals surface area contributed by atoms with Crippen molar-refractivity contribution in [2.24, 2.45) is 0 Å². The second kappa shape index (κ2) is 6.93. The van der Waals surface area contributed by atoms with Gasteiger partial charge in [-0.15, -0.1) is 5.10 Å². The van der Waals surface area contributed by atoms with Crippen molar-refractivity contribution in [1.82, 2.24) is 19.5 Å². The highest BCUT2D eigenvalue weighted by atomic mass is 32.2. The summed E-state index contributed by atoms with van der Waals surface area (Å²) in [6, 6.07) is 4.63. The van der Waals surface area contributed by atoms with Crippen molar-refractivity contribution < 1.29 is 18.1 Å². The lowest BCUT2D eigenvalue weighted by molar-refractivity contribution is -0.387. The maximum atomic E-state index is 12.5. The van der Waals surface area contributed by atoms with E-state index >= 15 is 0 Å². The van der Waals surface area contributed by atoms with Gasteiger partial charge in [-0.3, -0.25) is 14.7 Å². The van der Waals surface area contributed by atoms with Crippen LogP contribution in [0.3, 0.4) is 0 Å². The van der Waals surface area contributed by atoms with E-state index in [-0.39, 0.29) is 6.01 Å². The number of methoxy groups -OCH3 is 1. The first-order valence-corrected chi connectivity index (χ1v) is 8.53. The standard InChI is InChI=1S/C13H17N5O5S/c1-4-17-12(14-15-13(17)23-3)9(2)16-24(21,22)11-8-6-5-7-10(11)18(19)20/h5-9,16H,4H2,1-3H3/t9-/m1/s1. The summed E-state index contributed by atoms with van der Waals surface area (Å²) in [5, 5.41) is 18.8. The number of hydrogen-bond donors (Lipinski definition) is 1. The predicted octanol–water partition coefficient (Wildman–Crippen LogP) is 1.25. The highest BCUT2D eigenvalue weighted by Gasteiger charge is 2.28. The Hall–Kier alpha value is -2.53. The van der Waals surface area contributed by atoms with Gasteiger partial charge in [0.1, 0.15) is 0 Å². The van der Waals surface area contributed by atoms with E-state index < -0.39 is 31.6 Å². The highest BCUT2D eigenvalue weighted by Crippen LogP contribution is 2.25. The molecule has 0 aliphatic carbocycles. The minimum atomic E-state index is -4.12. The number of benzene rings is 1. The molecular weight excluding hydrogens is 338 g/mol. The van der Waals surface area contributed by atoms with Crippen molar-refractivity contribution in [3.05, 3.63) is 40.2 Å². The summed E-state index contributed by atoms with van der Waals surface area (Å²) >= 11 is 0. The van der Waals surface area contributed by atoms with Crippen molar-refractivity contribution >= 4 is 15.7 Å². The number of nitro groups is 1. The number of nitrogens with zero attached hydrogens (tertiary/aromatic N) is 4. The number of sulfonamides is 1. The van der Waals surface area contributed by atoms with Gasteiger partial charge in [0.15, 0.2) is 10.7 Å². The Morgan fingerprint density at radius 1 is 1.38 bits per heavy atom. The zero-order valence-electron chi connectivity index (χ0n) is 13.3. The van der Waals surface area contributed by atoms with E-state index in [1.54, 1.807) is 11.5 Å². The molecule has 0 aliphatic heterocycles. The van der Waals surface area contributed by atoms with Crippen molar-refractivity contribution in [2.45, 2.75) is 31.3 Å². The summed E-state index contributed by atoms with van der Waals surface area (Å²) in [7, 11) is -2.69. The largest absolute Gasteiger partial charge is 0.467 e. The van der Waals surface area contributed by atoms with Crippen LogP contribution in [0.25, 0.3) is 0 Å². The minimum absolute atomic E-state index is 0.254.